The SMILES string of the molecule is CC(C)C(=O)c1ccc(OC(F)F)c(N)c1. The second kappa shape index (κ2) is 4.92. The van der Waals surface area contributed by atoms with Gasteiger partial charge in [0.25, 0.3) is 0 Å². The summed E-state index contributed by atoms with van der Waals surface area (Å²) in [7, 11) is 0. The summed E-state index contributed by atoms with van der Waals surface area (Å²) in [5.41, 5.74) is 5.93. The van der Waals surface area contributed by atoms with Gasteiger partial charge in [-0.25, -0.2) is 0 Å². The fourth-order valence-electron chi connectivity index (χ4n) is 1.24. The molecule has 1 rings (SSSR count). The minimum Gasteiger partial charge on any atom is -0.433 e. The molecule has 0 atom stereocenters. The second-order valence-electron chi connectivity index (χ2n) is 3.65. The van der Waals surface area contributed by atoms with E-state index in [9.17, 15) is 13.6 Å². The third kappa shape index (κ3) is 2.92. The van der Waals surface area contributed by atoms with Gasteiger partial charge in [0.15, 0.2) is 5.78 Å². The Bertz CT molecular complexity index is 392. The molecule has 0 radical (unpaired) electrons. The van der Waals surface area contributed by atoms with Gasteiger partial charge >= 0.3 is 6.61 Å². The number of nitrogen functional groups attached to an aromatic ring is 1. The highest BCUT2D eigenvalue weighted by Gasteiger charge is 2.13. The number of alkyl halides is 2. The largest absolute Gasteiger partial charge is 0.433 e. The van der Waals surface area contributed by atoms with E-state index < -0.39 is 6.61 Å². The van der Waals surface area contributed by atoms with Crippen molar-refractivity contribution in [2.45, 2.75) is 20.5 Å². The number of ketones is 1. The van der Waals surface area contributed by atoms with Crippen molar-refractivity contribution in [1.82, 2.24) is 0 Å². The summed E-state index contributed by atoms with van der Waals surface area (Å²) in [5, 5.41) is 0. The van der Waals surface area contributed by atoms with Gasteiger partial charge in [0.1, 0.15) is 5.75 Å². The maximum atomic E-state index is 11.9. The highest BCUT2D eigenvalue weighted by Crippen LogP contribution is 2.25. The van der Waals surface area contributed by atoms with Crippen LogP contribution in [0.5, 0.6) is 5.75 Å². The van der Waals surface area contributed by atoms with Crippen molar-refractivity contribution in [2.24, 2.45) is 5.92 Å². The van der Waals surface area contributed by atoms with Crippen molar-refractivity contribution < 1.29 is 18.3 Å². The molecule has 0 amide bonds. The summed E-state index contributed by atoms with van der Waals surface area (Å²) >= 11 is 0. The molecule has 0 bridgehead atoms. The molecule has 0 aliphatic carbocycles. The first kappa shape index (κ1) is 12.4. The Balaban J connectivity index is 2.95. The molecule has 0 spiro atoms. The fraction of sp³-hybridized carbons (Fsp3) is 0.364. The first-order chi connectivity index (χ1) is 7.41. The molecule has 3 nitrogen and oxygen atoms in total. The van der Waals surface area contributed by atoms with Crippen molar-refractivity contribution in [3.8, 4) is 5.75 Å². The molecule has 0 aliphatic rings. The standard InChI is InChI=1S/C11H13F2NO2/c1-6(2)10(15)7-3-4-9(8(14)5-7)16-11(12)13/h3-6,11H,14H2,1-2H3. The Kier molecular flexibility index (Phi) is 3.82. The molecule has 88 valence electrons. The van der Waals surface area contributed by atoms with Crippen LogP contribution in [0.1, 0.15) is 24.2 Å². The molecule has 1 aromatic carbocycles. The van der Waals surface area contributed by atoms with E-state index >= 15 is 0 Å². The number of halogens is 2. The number of benzene rings is 1. The number of carbonyl (C=O) groups excluding carboxylic acids is 1. The van der Waals surface area contributed by atoms with Crippen molar-refractivity contribution in [2.75, 3.05) is 5.73 Å². The molecule has 0 saturated carbocycles. The minimum atomic E-state index is -2.92. The minimum absolute atomic E-state index is 0.0341. The summed E-state index contributed by atoms with van der Waals surface area (Å²) in [5.74, 6) is -0.369. The fourth-order valence-corrected chi connectivity index (χ4v) is 1.24. The summed E-state index contributed by atoms with van der Waals surface area (Å²) in [6.07, 6.45) is 0. The van der Waals surface area contributed by atoms with Crippen molar-refractivity contribution in [3.05, 3.63) is 23.8 Å². The van der Waals surface area contributed by atoms with Crippen LogP contribution in [0.4, 0.5) is 14.5 Å². The number of rotatable bonds is 4. The van der Waals surface area contributed by atoms with Gasteiger partial charge in [0.2, 0.25) is 0 Å². The van der Waals surface area contributed by atoms with E-state index in [0.717, 1.165) is 0 Å². The average molecular weight is 229 g/mol. The van der Waals surface area contributed by atoms with Crippen molar-refractivity contribution in [1.29, 1.82) is 0 Å². The van der Waals surface area contributed by atoms with Gasteiger partial charge in [-0.05, 0) is 18.2 Å². The zero-order chi connectivity index (χ0) is 12.3. The molecule has 0 fully saturated rings. The zero-order valence-corrected chi connectivity index (χ0v) is 9.04. The highest BCUT2D eigenvalue weighted by atomic mass is 19.3. The summed E-state index contributed by atoms with van der Waals surface area (Å²) in [6, 6.07) is 4.05. The lowest BCUT2D eigenvalue weighted by Gasteiger charge is -2.10. The van der Waals surface area contributed by atoms with Crippen LogP contribution < -0.4 is 10.5 Å². The lowest BCUT2D eigenvalue weighted by atomic mass is 10.0. The van der Waals surface area contributed by atoms with Gasteiger partial charge in [-0.2, -0.15) is 8.78 Å². The lowest BCUT2D eigenvalue weighted by Crippen LogP contribution is -2.09. The predicted octanol–water partition coefficient (Wildman–Crippen LogP) is 2.71. The molecule has 0 aliphatic heterocycles. The predicted molar refractivity (Wildman–Crippen MR) is 56.7 cm³/mol. The molecule has 16 heavy (non-hydrogen) atoms. The van der Waals surface area contributed by atoms with Crippen LogP contribution in [-0.4, -0.2) is 12.4 Å². The quantitative estimate of drug-likeness (QED) is 0.638. The second-order valence-corrected chi connectivity index (χ2v) is 3.65. The normalized spacial score (nSPS) is 10.9. The molecule has 0 heterocycles. The highest BCUT2D eigenvalue weighted by molar-refractivity contribution is 5.98. The van der Waals surface area contributed by atoms with Crippen LogP contribution in [0.15, 0.2) is 18.2 Å². The van der Waals surface area contributed by atoms with Gasteiger partial charge in [0.05, 0.1) is 5.69 Å². The summed E-state index contributed by atoms with van der Waals surface area (Å²) in [6.45, 7) is 0.582. The topological polar surface area (TPSA) is 52.3 Å². The van der Waals surface area contributed by atoms with E-state index in [0.29, 0.717) is 5.56 Å². The molecule has 0 unspecified atom stereocenters. The number of hydrogen-bond donors (Lipinski definition) is 1. The Morgan fingerprint density at radius 3 is 2.44 bits per heavy atom. The van der Waals surface area contributed by atoms with Gasteiger partial charge < -0.3 is 10.5 Å². The van der Waals surface area contributed by atoms with Gasteiger partial charge in [-0.1, -0.05) is 13.8 Å². The maximum Gasteiger partial charge on any atom is 0.387 e. The summed E-state index contributed by atoms with van der Waals surface area (Å²) < 4.78 is 28.1. The van der Waals surface area contributed by atoms with E-state index in [4.69, 9.17) is 5.73 Å². The Morgan fingerprint density at radius 2 is 2.00 bits per heavy atom. The van der Waals surface area contributed by atoms with E-state index in [2.05, 4.69) is 4.74 Å². The Hall–Kier alpha value is -1.65. The molecule has 0 saturated heterocycles. The maximum absolute atomic E-state index is 11.9. The number of nitrogens with two attached hydrogens (primary N) is 1. The van der Waals surface area contributed by atoms with Crippen molar-refractivity contribution >= 4 is 11.5 Å². The lowest BCUT2D eigenvalue weighted by molar-refractivity contribution is -0.0493. The number of anilines is 1. The molecular formula is C11H13F2NO2. The van der Waals surface area contributed by atoms with Crippen LogP contribution in [-0.2, 0) is 0 Å². The Morgan fingerprint density at radius 1 is 1.38 bits per heavy atom. The number of hydrogen-bond acceptors (Lipinski definition) is 3. The average Bonchev–Trinajstić information content (AvgIpc) is 2.19. The van der Waals surface area contributed by atoms with Crippen LogP contribution >= 0.6 is 0 Å². The van der Waals surface area contributed by atoms with Gasteiger partial charge in [0, 0.05) is 11.5 Å². The zero-order valence-electron chi connectivity index (χ0n) is 9.04. The van der Waals surface area contributed by atoms with Crippen LogP contribution in [0.2, 0.25) is 0 Å². The number of carbonyl (C=O) groups is 1. The smallest absolute Gasteiger partial charge is 0.387 e. The van der Waals surface area contributed by atoms with Gasteiger partial charge in [-0.3, -0.25) is 4.79 Å². The third-order valence-corrected chi connectivity index (χ3v) is 2.03. The number of Topliss-reactive ketones (excluding diaryl/α,β-unsaturated/α-hetero) is 1. The third-order valence-electron chi connectivity index (χ3n) is 2.03. The van der Waals surface area contributed by atoms with Crippen LogP contribution in [0.3, 0.4) is 0 Å². The molecule has 2 N–H and O–H groups in total. The number of ether oxygens (including phenoxy) is 1. The first-order valence-corrected chi connectivity index (χ1v) is 4.80. The van der Waals surface area contributed by atoms with Gasteiger partial charge in [-0.15, -0.1) is 0 Å². The molecule has 5 heteroatoms. The first-order valence-electron chi connectivity index (χ1n) is 4.80. The Labute approximate surface area is 92.2 Å². The van der Waals surface area contributed by atoms with Crippen LogP contribution in [0.25, 0.3) is 0 Å². The van der Waals surface area contributed by atoms with E-state index in [1.54, 1.807) is 13.8 Å². The van der Waals surface area contributed by atoms with E-state index in [1.165, 1.54) is 18.2 Å². The molecule has 0 aromatic heterocycles. The summed E-state index contributed by atoms with van der Waals surface area (Å²) in [4.78, 5) is 11.6. The molecular weight excluding hydrogens is 216 g/mol. The van der Waals surface area contributed by atoms with Crippen molar-refractivity contribution in [3.63, 3.8) is 0 Å². The van der Waals surface area contributed by atoms with E-state index in [1.807, 2.05) is 0 Å². The molecule has 1 aromatic rings. The van der Waals surface area contributed by atoms with E-state index in [-0.39, 0.29) is 23.1 Å². The monoisotopic (exact) mass is 229 g/mol. The van der Waals surface area contributed by atoms with Crippen LogP contribution in [0, 0.1) is 5.92 Å².